The lowest BCUT2D eigenvalue weighted by atomic mass is 9.94. The van der Waals surface area contributed by atoms with E-state index in [0.717, 1.165) is 72.5 Å². The van der Waals surface area contributed by atoms with Crippen molar-refractivity contribution in [3.8, 4) is 11.8 Å². The van der Waals surface area contributed by atoms with Gasteiger partial charge in [0.25, 0.3) is 0 Å². The molecule has 0 amide bonds. The molecule has 1 saturated carbocycles. The lowest BCUT2D eigenvalue weighted by Gasteiger charge is -2.35. The molecule has 2 aromatic carbocycles. The Bertz CT molecular complexity index is 1530. The van der Waals surface area contributed by atoms with Gasteiger partial charge in [0.2, 0.25) is 0 Å². The summed E-state index contributed by atoms with van der Waals surface area (Å²) in [5.74, 6) is 0.750. The first-order valence-corrected chi connectivity index (χ1v) is 12.6. The lowest BCUT2D eigenvalue weighted by molar-refractivity contribution is 0.311. The van der Waals surface area contributed by atoms with Gasteiger partial charge in [-0.1, -0.05) is 25.3 Å². The maximum atomic E-state index is 14.0. The van der Waals surface area contributed by atoms with Gasteiger partial charge in [0.1, 0.15) is 11.4 Å². The number of fused-ring (bicyclic) bond motifs is 4. The SMILES string of the molecule is COc1cc2c(=O)c3c4ccc(C#N)cc4[nH]c3n(C3CCCCC3)c2cc1N1CCN(C)CC1. The second-order valence-electron chi connectivity index (χ2n) is 10.0. The molecule has 1 N–H and O–H groups in total. The highest BCUT2D eigenvalue weighted by atomic mass is 16.5. The number of rotatable bonds is 3. The second-order valence-corrected chi connectivity index (χ2v) is 10.0. The van der Waals surface area contributed by atoms with E-state index in [9.17, 15) is 10.1 Å². The van der Waals surface area contributed by atoms with E-state index in [2.05, 4.69) is 38.5 Å². The molecular formula is C28H31N5O2. The Labute approximate surface area is 204 Å². The summed E-state index contributed by atoms with van der Waals surface area (Å²) >= 11 is 0. The van der Waals surface area contributed by atoms with Crippen molar-refractivity contribution in [3.63, 3.8) is 0 Å². The van der Waals surface area contributed by atoms with Crippen LogP contribution >= 0.6 is 0 Å². The Hall–Kier alpha value is -3.50. The van der Waals surface area contributed by atoms with Gasteiger partial charge in [0.05, 0.1) is 40.7 Å². The molecule has 6 rings (SSSR count). The number of aromatic nitrogens is 2. The third kappa shape index (κ3) is 3.55. The van der Waals surface area contributed by atoms with E-state index >= 15 is 0 Å². The number of likely N-dealkylation sites (N-methyl/N-ethyl adjacent to an activating group) is 1. The monoisotopic (exact) mass is 469 g/mol. The van der Waals surface area contributed by atoms with E-state index < -0.39 is 0 Å². The third-order valence-electron chi connectivity index (χ3n) is 7.96. The molecule has 3 heterocycles. The van der Waals surface area contributed by atoms with Crippen LogP contribution in [-0.4, -0.2) is 54.8 Å². The maximum Gasteiger partial charge on any atom is 0.199 e. The van der Waals surface area contributed by atoms with E-state index in [4.69, 9.17) is 4.74 Å². The Morgan fingerprint density at radius 2 is 1.80 bits per heavy atom. The smallest absolute Gasteiger partial charge is 0.199 e. The van der Waals surface area contributed by atoms with Crippen LogP contribution < -0.4 is 15.1 Å². The van der Waals surface area contributed by atoms with E-state index in [0.29, 0.717) is 22.4 Å². The van der Waals surface area contributed by atoms with E-state index in [1.54, 1.807) is 13.2 Å². The number of hydrogen-bond donors (Lipinski definition) is 1. The van der Waals surface area contributed by atoms with Gasteiger partial charge < -0.3 is 24.1 Å². The zero-order valence-electron chi connectivity index (χ0n) is 20.4. The van der Waals surface area contributed by atoms with Crippen molar-refractivity contribution in [3.05, 3.63) is 46.1 Å². The zero-order chi connectivity index (χ0) is 24.1. The van der Waals surface area contributed by atoms with Gasteiger partial charge in [-0.25, -0.2) is 0 Å². The van der Waals surface area contributed by atoms with E-state index in [1.165, 1.54) is 19.3 Å². The largest absolute Gasteiger partial charge is 0.495 e. The first kappa shape index (κ1) is 22.0. The minimum atomic E-state index is 0.0150. The number of aromatic amines is 1. The molecule has 4 aromatic rings. The van der Waals surface area contributed by atoms with E-state index in [1.807, 2.05) is 18.2 Å². The number of hydrogen-bond acceptors (Lipinski definition) is 5. The number of ether oxygens (including phenoxy) is 1. The molecular weight excluding hydrogens is 438 g/mol. The van der Waals surface area contributed by atoms with Crippen molar-refractivity contribution in [2.24, 2.45) is 0 Å². The molecule has 2 fully saturated rings. The topological polar surface area (TPSA) is 77.3 Å². The molecule has 0 spiro atoms. The van der Waals surface area contributed by atoms with Gasteiger partial charge in [-0.3, -0.25) is 4.79 Å². The van der Waals surface area contributed by atoms with E-state index in [-0.39, 0.29) is 5.43 Å². The number of nitrogens with one attached hydrogen (secondary N) is 1. The third-order valence-corrected chi connectivity index (χ3v) is 7.96. The van der Waals surface area contributed by atoms with Crippen molar-refractivity contribution >= 4 is 38.5 Å². The van der Waals surface area contributed by atoms with Crippen molar-refractivity contribution in [2.75, 3.05) is 45.2 Å². The number of benzene rings is 2. The number of nitrogens with zero attached hydrogens (tertiary/aromatic N) is 4. The Morgan fingerprint density at radius 3 is 2.51 bits per heavy atom. The van der Waals surface area contributed by atoms with Gasteiger partial charge in [-0.2, -0.15) is 5.26 Å². The molecule has 0 unspecified atom stereocenters. The van der Waals surface area contributed by atoms with Crippen molar-refractivity contribution in [2.45, 2.75) is 38.1 Å². The van der Waals surface area contributed by atoms with Gasteiger partial charge in [-0.05, 0) is 44.2 Å². The number of methoxy groups -OCH3 is 1. The minimum Gasteiger partial charge on any atom is -0.495 e. The number of nitriles is 1. The summed E-state index contributed by atoms with van der Waals surface area (Å²) in [7, 11) is 3.84. The predicted octanol–water partition coefficient (Wildman–Crippen LogP) is 4.77. The molecule has 1 aliphatic carbocycles. The average Bonchev–Trinajstić information content (AvgIpc) is 3.27. The lowest BCUT2D eigenvalue weighted by Crippen LogP contribution is -2.44. The van der Waals surface area contributed by atoms with Crippen molar-refractivity contribution in [1.82, 2.24) is 14.5 Å². The summed E-state index contributed by atoms with van der Waals surface area (Å²) in [4.78, 5) is 22.2. The summed E-state index contributed by atoms with van der Waals surface area (Å²) in [5.41, 5.74) is 4.33. The average molecular weight is 470 g/mol. The molecule has 1 saturated heterocycles. The Balaban J connectivity index is 1.68. The van der Waals surface area contributed by atoms with Crippen LogP contribution in [0.4, 0.5) is 5.69 Å². The molecule has 7 heteroatoms. The van der Waals surface area contributed by atoms with Crippen LogP contribution in [0.5, 0.6) is 5.75 Å². The molecule has 2 aromatic heterocycles. The molecule has 7 nitrogen and oxygen atoms in total. The standard InChI is InChI=1S/C28H31N5O2/c1-31-10-12-32(13-11-31)24-16-23-21(15-25(24)35-2)27(34)26-20-9-8-18(17-29)14-22(20)30-28(26)33(23)19-6-4-3-5-7-19/h8-9,14-16,19,30H,3-7,10-13H2,1-2H3. The molecule has 2 aliphatic rings. The summed E-state index contributed by atoms with van der Waals surface area (Å²) < 4.78 is 8.22. The molecule has 35 heavy (non-hydrogen) atoms. The summed E-state index contributed by atoms with van der Waals surface area (Å²) in [6.07, 6.45) is 5.85. The van der Waals surface area contributed by atoms with Crippen LogP contribution in [0, 0.1) is 11.3 Å². The summed E-state index contributed by atoms with van der Waals surface area (Å²) in [6, 6.07) is 12.2. The van der Waals surface area contributed by atoms with Crippen LogP contribution in [0.1, 0.15) is 43.7 Å². The normalized spacial score (nSPS) is 17.9. The van der Waals surface area contributed by atoms with Gasteiger partial charge in [0.15, 0.2) is 5.43 Å². The predicted molar refractivity (Wildman–Crippen MR) is 141 cm³/mol. The second kappa shape index (κ2) is 8.62. The van der Waals surface area contributed by atoms with Crippen molar-refractivity contribution < 1.29 is 4.74 Å². The zero-order valence-corrected chi connectivity index (χ0v) is 20.4. The van der Waals surface area contributed by atoms with Crippen molar-refractivity contribution in [1.29, 1.82) is 5.26 Å². The highest BCUT2D eigenvalue weighted by Gasteiger charge is 2.26. The van der Waals surface area contributed by atoms with Crippen LogP contribution in [0.2, 0.25) is 0 Å². The van der Waals surface area contributed by atoms with Gasteiger partial charge in [0, 0.05) is 43.1 Å². The Kier molecular flexibility index (Phi) is 5.42. The highest BCUT2D eigenvalue weighted by molar-refractivity contribution is 6.10. The van der Waals surface area contributed by atoms with Gasteiger partial charge >= 0.3 is 0 Å². The van der Waals surface area contributed by atoms with Crippen LogP contribution in [0.15, 0.2) is 35.1 Å². The van der Waals surface area contributed by atoms with Crippen LogP contribution in [0.25, 0.3) is 32.8 Å². The molecule has 1 aliphatic heterocycles. The fourth-order valence-electron chi connectivity index (χ4n) is 6.03. The molecule has 180 valence electrons. The number of anilines is 1. The summed E-state index contributed by atoms with van der Waals surface area (Å²) in [5, 5.41) is 11.7. The molecule has 0 radical (unpaired) electrons. The minimum absolute atomic E-state index is 0.0150. The first-order valence-electron chi connectivity index (χ1n) is 12.6. The summed E-state index contributed by atoms with van der Waals surface area (Å²) in [6.45, 7) is 3.85. The number of piperazine rings is 1. The quantitative estimate of drug-likeness (QED) is 0.468. The number of H-pyrrole nitrogens is 1. The van der Waals surface area contributed by atoms with Gasteiger partial charge in [-0.15, -0.1) is 0 Å². The maximum absolute atomic E-state index is 14.0. The Morgan fingerprint density at radius 1 is 1.03 bits per heavy atom. The fraction of sp³-hybridized carbons (Fsp3) is 0.429. The molecule has 0 bridgehead atoms. The first-order chi connectivity index (χ1) is 17.1. The van der Waals surface area contributed by atoms with Crippen LogP contribution in [0.3, 0.4) is 0 Å². The fourth-order valence-corrected chi connectivity index (χ4v) is 6.03. The van der Waals surface area contributed by atoms with Crippen LogP contribution in [-0.2, 0) is 0 Å². The highest BCUT2D eigenvalue weighted by Crippen LogP contribution is 2.39. The number of pyridine rings is 1. The molecule has 0 atom stereocenters.